The van der Waals surface area contributed by atoms with Crippen LogP contribution >= 0.6 is 44.1 Å². The van der Waals surface area contributed by atoms with Crippen LogP contribution in [0.4, 0.5) is 5.69 Å². The first-order valence-corrected chi connectivity index (χ1v) is 9.68. The fraction of sp³-hybridized carbons (Fsp3) is 0. The van der Waals surface area contributed by atoms with Crippen molar-refractivity contribution in [2.75, 3.05) is 5.32 Å². The molecule has 0 fully saturated rings. The number of amides is 1. The topological polar surface area (TPSA) is 78.4 Å². The van der Waals surface area contributed by atoms with Crippen LogP contribution < -0.4 is 10.6 Å². The summed E-state index contributed by atoms with van der Waals surface area (Å²) in [5, 5.41) is 16.7. The first-order valence-electron chi connectivity index (χ1n) is 7.68. The predicted molar refractivity (Wildman–Crippen MR) is 116 cm³/mol. The molecule has 0 aliphatic rings. The summed E-state index contributed by atoms with van der Waals surface area (Å²) in [7, 11) is 0. The van der Waals surface area contributed by atoms with Crippen LogP contribution in [0, 0.1) is 0 Å². The van der Waals surface area contributed by atoms with Crippen LogP contribution in [0.3, 0.4) is 0 Å². The molecule has 0 radical (unpaired) electrons. The number of carboxylic acids is 1. The average molecular weight is 508 g/mol. The van der Waals surface area contributed by atoms with E-state index in [-0.39, 0.29) is 22.3 Å². The Kier molecular flexibility index (Phi) is 5.88. The smallest absolute Gasteiger partial charge is 0.337 e. The first kappa shape index (κ1) is 19.5. The lowest BCUT2D eigenvalue weighted by Crippen LogP contribution is -2.34. The van der Waals surface area contributed by atoms with E-state index in [2.05, 4.69) is 42.5 Å². The molecular weight excluding hydrogens is 496 g/mol. The van der Waals surface area contributed by atoms with E-state index in [4.69, 9.17) is 12.2 Å². The van der Waals surface area contributed by atoms with Gasteiger partial charge in [0.25, 0.3) is 5.91 Å². The number of nitrogens with one attached hydrogen (secondary N) is 2. The minimum Gasteiger partial charge on any atom is -0.478 e. The van der Waals surface area contributed by atoms with Gasteiger partial charge in [0.2, 0.25) is 0 Å². The van der Waals surface area contributed by atoms with Gasteiger partial charge in [-0.2, -0.15) is 0 Å². The monoisotopic (exact) mass is 506 g/mol. The molecule has 5 nitrogen and oxygen atoms in total. The number of carbonyl (C=O) groups is 2. The summed E-state index contributed by atoms with van der Waals surface area (Å²) < 4.78 is 1.10. The van der Waals surface area contributed by atoms with Gasteiger partial charge in [-0.1, -0.05) is 46.3 Å². The number of hydrogen-bond acceptors (Lipinski definition) is 3. The largest absolute Gasteiger partial charge is 0.478 e. The molecule has 0 atom stereocenters. The number of carboxylic acid groups (broad SMARTS) is 1. The Labute approximate surface area is 177 Å². The van der Waals surface area contributed by atoms with Crippen LogP contribution in [0.2, 0.25) is 0 Å². The number of anilines is 1. The van der Waals surface area contributed by atoms with Crippen molar-refractivity contribution < 1.29 is 14.7 Å². The number of thiocarbonyl (C=S) groups is 1. The molecule has 3 rings (SSSR count). The highest BCUT2D eigenvalue weighted by molar-refractivity contribution is 9.11. The molecule has 0 heterocycles. The summed E-state index contributed by atoms with van der Waals surface area (Å²) >= 11 is 11.7. The second kappa shape index (κ2) is 8.16. The molecule has 0 aliphatic heterocycles. The Morgan fingerprint density at radius 2 is 1.67 bits per heavy atom. The molecule has 27 heavy (non-hydrogen) atoms. The van der Waals surface area contributed by atoms with Gasteiger partial charge >= 0.3 is 5.97 Å². The maximum atomic E-state index is 12.5. The van der Waals surface area contributed by atoms with Crippen molar-refractivity contribution in [2.45, 2.75) is 0 Å². The van der Waals surface area contributed by atoms with E-state index in [0.717, 1.165) is 10.8 Å². The van der Waals surface area contributed by atoms with Crippen LogP contribution in [0.15, 0.2) is 63.5 Å². The zero-order chi connectivity index (χ0) is 19.6. The van der Waals surface area contributed by atoms with Crippen LogP contribution in [-0.2, 0) is 0 Å². The molecule has 8 heteroatoms. The molecule has 1 amide bonds. The number of fused-ring (bicyclic) bond motifs is 1. The number of carbonyl (C=O) groups excluding carboxylic acids is 1. The van der Waals surface area contributed by atoms with Gasteiger partial charge in [0.15, 0.2) is 5.11 Å². The summed E-state index contributed by atoms with van der Waals surface area (Å²) in [5.41, 5.74) is 0.722. The van der Waals surface area contributed by atoms with Crippen LogP contribution in [-0.4, -0.2) is 22.1 Å². The second-order valence-electron chi connectivity index (χ2n) is 5.59. The van der Waals surface area contributed by atoms with Crippen LogP contribution in [0.5, 0.6) is 0 Å². The SMILES string of the molecule is O=C(NC(=S)Nc1c(Br)cc(Br)cc1C(=O)O)c1ccc2ccccc2c1. The molecular formula is C19H12Br2N2O3S. The van der Waals surface area contributed by atoms with Gasteiger partial charge in [-0.05, 0) is 63.2 Å². The highest BCUT2D eigenvalue weighted by Crippen LogP contribution is 2.31. The van der Waals surface area contributed by atoms with Crippen molar-refractivity contribution in [1.82, 2.24) is 5.32 Å². The van der Waals surface area contributed by atoms with Gasteiger partial charge < -0.3 is 10.4 Å². The molecule has 0 spiro atoms. The molecule has 0 aliphatic carbocycles. The Bertz CT molecular complexity index is 1090. The number of benzene rings is 3. The highest BCUT2D eigenvalue weighted by Gasteiger charge is 2.17. The van der Waals surface area contributed by atoms with Gasteiger partial charge in [0.05, 0.1) is 11.3 Å². The lowest BCUT2D eigenvalue weighted by Gasteiger charge is -2.14. The van der Waals surface area contributed by atoms with E-state index < -0.39 is 5.97 Å². The molecule has 136 valence electrons. The molecule has 0 saturated heterocycles. The van der Waals surface area contributed by atoms with E-state index in [9.17, 15) is 14.7 Å². The maximum absolute atomic E-state index is 12.5. The van der Waals surface area contributed by atoms with E-state index in [1.807, 2.05) is 30.3 Å². The van der Waals surface area contributed by atoms with Crippen LogP contribution in [0.1, 0.15) is 20.7 Å². The highest BCUT2D eigenvalue weighted by atomic mass is 79.9. The standard InChI is InChI=1S/C19H12Br2N2O3S/c20-13-8-14(18(25)26)16(15(21)9-13)22-19(27)23-17(24)12-6-5-10-3-1-2-4-11(10)7-12/h1-9H,(H,25,26)(H2,22,23,24,27). The Morgan fingerprint density at radius 1 is 0.963 bits per heavy atom. The molecule has 0 unspecified atom stereocenters. The molecule has 0 bridgehead atoms. The van der Waals surface area contributed by atoms with Gasteiger partial charge in [-0.25, -0.2) is 4.79 Å². The van der Waals surface area contributed by atoms with Crippen molar-refractivity contribution in [2.24, 2.45) is 0 Å². The minimum absolute atomic E-state index is 0.00122. The Morgan fingerprint density at radius 3 is 2.37 bits per heavy atom. The third-order valence-corrected chi connectivity index (χ3v) is 5.05. The Hall–Kier alpha value is -2.29. The summed E-state index contributed by atoms with van der Waals surface area (Å²) in [5.74, 6) is -1.51. The van der Waals surface area contributed by atoms with Gasteiger partial charge in [0, 0.05) is 14.5 Å². The molecule has 3 aromatic rings. The lowest BCUT2D eigenvalue weighted by atomic mass is 10.1. The third-order valence-electron chi connectivity index (χ3n) is 3.76. The molecule has 0 saturated carbocycles. The number of halogens is 2. The molecule has 3 aromatic carbocycles. The maximum Gasteiger partial charge on any atom is 0.337 e. The van der Waals surface area contributed by atoms with Crippen molar-refractivity contribution >= 4 is 77.5 Å². The van der Waals surface area contributed by atoms with Crippen molar-refractivity contribution in [3.8, 4) is 0 Å². The van der Waals surface area contributed by atoms with E-state index in [0.29, 0.717) is 14.5 Å². The molecule has 0 aromatic heterocycles. The Balaban J connectivity index is 1.79. The normalized spacial score (nSPS) is 10.4. The van der Waals surface area contributed by atoms with Gasteiger partial charge in [-0.3, -0.25) is 10.1 Å². The summed E-state index contributed by atoms with van der Waals surface area (Å²) in [6.07, 6.45) is 0. The molecule has 3 N–H and O–H groups in total. The third kappa shape index (κ3) is 4.52. The summed E-state index contributed by atoms with van der Waals surface area (Å²) in [6.45, 7) is 0. The van der Waals surface area contributed by atoms with Crippen molar-refractivity contribution in [3.63, 3.8) is 0 Å². The number of aromatic carboxylic acids is 1. The fourth-order valence-electron chi connectivity index (χ4n) is 2.52. The minimum atomic E-state index is -1.12. The number of rotatable bonds is 3. The van der Waals surface area contributed by atoms with E-state index >= 15 is 0 Å². The zero-order valence-corrected chi connectivity index (χ0v) is 17.6. The summed E-state index contributed by atoms with van der Waals surface area (Å²) in [4.78, 5) is 23.9. The van der Waals surface area contributed by atoms with Gasteiger partial charge in [-0.15, -0.1) is 0 Å². The van der Waals surface area contributed by atoms with Gasteiger partial charge in [0.1, 0.15) is 0 Å². The summed E-state index contributed by atoms with van der Waals surface area (Å²) in [6, 6.07) is 16.2. The quantitative estimate of drug-likeness (QED) is 0.425. The van der Waals surface area contributed by atoms with Crippen molar-refractivity contribution in [3.05, 3.63) is 74.7 Å². The number of hydrogen-bond donors (Lipinski definition) is 3. The fourth-order valence-corrected chi connectivity index (χ4v) is 4.04. The van der Waals surface area contributed by atoms with Crippen LogP contribution in [0.25, 0.3) is 10.8 Å². The average Bonchev–Trinajstić information content (AvgIpc) is 2.63. The lowest BCUT2D eigenvalue weighted by molar-refractivity contribution is 0.0697. The second-order valence-corrected chi connectivity index (χ2v) is 7.76. The zero-order valence-electron chi connectivity index (χ0n) is 13.6. The predicted octanol–water partition coefficient (Wildman–Crippen LogP) is 5.19. The van der Waals surface area contributed by atoms with E-state index in [1.54, 1.807) is 18.2 Å². The van der Waals surface area contributed by atoms with Crippen molar-refractivity contribution in [1.29, 1.82) is 0 Å². The first-order chi connectivity index (χ1) is 12.8. The van der Waals surface area contributed by atoms with E-state index in [1.165, 1.54) is 6.07 Å².